The van der Waals surface area contributed by atoms with Crippen molar-refractivity contribution in [2.24, 2.45) is 0 Å². The van der Waals surface area contributed by atoms with Crippen LogP contribution in [0.2, 0.25) is 0 Å². The predicted molar refractivity (Wildman–Crippen MR) is 107 cm³/mol. The van der Waals surface area contributed by atoms with Crippen molar-refractivity contribution >= 4 is 12.2 Å². The highest BCUT2D eigenvalue weighted by Gasteiger charge is 2.14. The molecule has 0 spiro atoms. The summed E-state index contributed by atoms with van der Waals surface area (Å²) in [5, 5.41) is 4.82. The molecule has 0 saturated carbocycles. The molecule has 6 heteroatoms. The summed E-state index contributed by atoms with van der Waals surface area (Å²) in [6, 6.07) is 14.5. The maximum Gasteiger partial charge on any atom is 0.199 e. The van der Waals surface area contributed by atoms with Crippen molar-refractivity contribution in [3.8, 4) is 11.4 Å². The lowest BCUT2D eigenvalue weighted by Crippen LogP contribution is -2.27. The molecule has 136 valence electrons. The van der Waals surface area contributed by atoms with Gasteiger partial charge >= 0.3 is 0 Å². The smallest absolute Gasteiger partial charge is 0.199 e. The maximum absolute atomic E-state index is 5.70. The SMILES string of the molecule is CCCN(Cc1ccccc1)Cn1nc(-c2ccncc2)n(CC)c1=S. The van der Waals surface area contributed by atoms with Gasteiger partial charge in [-0.1, -0.05) is 37.3 Å². The monoisotopic (exact) mass is 367 g/mol. The van der Waals surface area contributed by atoms with Crippen LogP contribution in [0.15, 0.2) is 54.9 Å². The summed E-state index contributed by atoms with van der Waals surface area (Å²) in [5.74, 6) is 0.899. The molecule has 0 atom stereocenters. The summed E-state index contributed by atoms with van der Waals surface area (Å²) in [5.41, 5.74) is 2.34. The Balaban J connectivity index is 1.88. The average Bonchev–Trinajstić information content (AvgIpc) is 2.99. The molecule has 2 heterocycles. The second kappa shape index (κ2) is 8.87. The highest BCUT2D eigenvalue weighted by molar-refractivity contribution is 7.71. The zero-order chi connectivity index (χ0) is 18.4. The standard InChI is InChI=1S/C20H25N5S/c1-3-14-23(15-17-8-6-5-7-9-17)16-25-20(26)24(4-2)19(22-25)18-10-12-21-13-11-18/h5-13H,3-4,14-16H2,1-2H3. The zero-order valence-electron chi connectivity index (χ0n) is 15.4. The minimum atomic E-state index is 0.687. The van der Waals surface area contributed by atoms with E-state index in [1.165, 1.54) is 5.56 Å². The third-order valence-corrected chi connectivity index (χ3v) is 4.73. The van der Waals surface area contributed by atoms with Crippen LogP contribution in [0.4, 0.5) is 0 Å². The quantitative estimate of drug-likeness (QED) is 0.554. The van der Waals surface area contributed by atoms with Crippen LogP contribution in [0, 0.1) is 4.77 Å². The van der Waals surface area contributed by atoms with Gasteiger partial charge in [-0.2, -0.15) is 5.10 Å². The molecule has 0 bridgehead atoms. The first-order valence-corrected chi connectivity index (χ1v) is 9.48. The number of pyridine rings is 1. The Kier molecular flexibility index (Phi) is 6.30. The van der Waals surface area contributed by atoms with Crippen molar-refractivity contribution in [1.29, 1.82) is 0 Å². The van der Waals surface area contributed by atoms with Crippen LogP contribution in [-0.2, 0) is 19.8 Å². The number of benzene rings is 1. The zero-order valence-corrected chi connectivity index (χ0v) is 16.2. The van der Waals surface area contributed by atoms with Gasteiger partial charge in [0.1, 0.15) is 0 Å². The Morgan fingerprint density at radius 2 is 1.77 bits per heavy atom. The van der Waals surface area contributed by atoms with Crippen molar-refractivity contribution in [3.05, 3.63) is 65.2 Å². The van der Waals surface area contributed by atoms with Crippen LogP contribution in [0.1, 0.15) is 25.8 Å². The van der Waals surface area contributed by atoms with Crippen molar-refractivity contribution in [1.82, 2.24) is 24.2 Å². The first-order valence-electron chi connectivity index (χ1n) is 9.07. The van der Waals surface area contributed by atoms with E-state index in [0.717, 1.165) is 42.2 Å². The fourth-order valence-corrected chi connectivity index (χ4v) is 3.39. The third kappa shape index (κ3) is 4.26. The molecular weight excluding hydrogens is 342 g/mol. The predicted octanol–water partition coefficient (Wildman–Crippen LogP) is 4.37. The molecule has 0 amide bonds. The van der Waals surface area contributed by atoms with Gasteiger partial charge < -0.3 is 4.57 Å². The molecule has 0 aliphatic carbocycles. The molecule has 3 rings (SSSR count). The molecule has 0 unspecified atom stereocenters. The van der Waals surface area contributed by atoms with Gasteiger partial charge in [0, 0.05) is 31.0 Å². The summed E-state index contributed by atoms with van der Waals surface area (Å²) in [6.07, 6.45) is 4.66. The molecule has 5 nitrogen and oxygen atoms in total. The van der Waals surface area contributed by atoms with Gasteiger partial charge in [-0.3, -0.25) is 9.88 Å². The molecule has 1 aromatic carbocycles. The number of nitrogens with zero attached hydrogens (tertiary/aromatic N) is 5. The van der Waals surface area contributed by atoms with E-state index in [0.29, 0.717) is 6.67 Å². The van der Waals surface area contributed by atoms with Crippen LogP contribution < -0.4 is 0 Å². The van der Waals surface area contributed by atoms with Gasteiger partial charge in [-0.05, 0) is 49.8 Å². The molecule has 0 saturated heterocycles. The fraction of sp³-hybridized carbons (Fsp3) is 0.350. The van der Waals surface area contributed by atoms with Gasteiger partial charge in [-0.25, -0.2) is 4.68 Å². The van der Waals surface area contributed by atoms with E-state index in [2.05, 4.69) is 52.6 Å². The van der Waals surface area contributed by atoms with E-state index in [1.54, 1.807) is 12.4 Å². The summed E-state index contributed by atoms with van der Waals surface area (Å²) in [6.45, 7) is 7.67. The largest absolute Gasteiger partial charge is 0.300 e. The van der Waals surface area contributed by atoms with E-state index in [4.69, 9.17) is 17.3 Å². The van der Waals surface area contributed by atoms with Gasteiger partial charge in [-0.15, -0.1) is 0 Å². The highest BCUT2D eigenvalue weighted by Crippen LogP contribution is 2.18. The molecule has 0 fully saturated rings. The Morgan fingerprint density at radius 1 is 1.04 bits per heavy atom. The highest BCUT2D eigenvalue weighted by atomic mass is 32.1. The number of hydrogen-bond donors (Lipinski definition) is 0. The number of hydrogen-bond acceptors (Lipinski definition) is 4. The topological polar surface area (TPSA) is 38.9 Å². The first kappa shape index (κ1) is 18.5. The van der Waals surface area contributed by atoms with Gasteiger partial charge in [0.25, 0.3) is 0 Å². The molecule has 0 N–H and O–H groups in total. The summed E-state index contributed by atoms with van der Waals surface area (Å²) in [4.78, 5) is 6.48. The molecule has 0 aliphatic heterocycles. The van der Waals surface area contributed by atoms with E-state index in [9.17, 15) is 0 Å². The van der Waals surface area contributed by atoms with Crippen molar-refractivity contribution < 1.29 is 0 Å². The van der Waals surface area contributed by atoms with Crippen LogP contribution in [0.25, 0.3) is 11.4 Å². The van der Waals surface area contributed by atoms with E-state index in [-0.39, 0.29) is 0 Å². The molecule has 26 heavy (non-hydrogen) atoms. The fourth-order valence-electron chi connectivity index (χ4n) is 3.08. The molecule has 3 aromatic rings. The Bertz CT molecular complexity index is 870. The molecule has 2 aromatic heterocycles. The summed E-state index contributed by atoms with van der Waals surface area (Å²) >= 11 is 5.70. The minimum Gasteiger partial charge on any atom is -0.300 e. The van der Waals surface area contributed by atoms with E-state index < -0.39 is 0 Å². The van der Waals surface area contributed by atoms with Crippen molar-refractivity contribution in [2.75, 3.05) is 6.54 Å². The lowest BCUT2D eigenvalue weighted by atomic mass is 10.2. The lowest BCUT2D eigenvalue weighted by molar-refractivity contribution is 0.197. The second-order valence-electron chi connectivity index (χ2n) is 6.27. The van der Waals surface area contributed by atoms with Gasteiger partial charge in [0.2, 0.25) is 0 Å². The van der Waals surface area contributed by atoms with Crippen LogP contribution in [0.3, 0.4) is 0 Å². The van der Waals surface area contributed by atoms with Crippen LogP contribution in [0.5, 0.6) is 0 Å². The summed E-state index contributed by atoms with van der Waals surface area (Å²) in [7, 11) is 0. The third-order valence-electron chi connectivity index (χ3n) is 4.30. The van der Waals surface area contributed by atoms with Crippen LogP contribution in [-0.4, -0.2) is 30.8 Å². The normalized spacial score (nSPS) is 11.2. The number of rotatable bonds is 8. The molecule has 0 radical (unpaired) electrons. The van der Waals surface area contributed by atoms with Crippen molar-refractivity contribution in [3.63, 3.8) is 0 Å². The van der Waals surface area contributed by atoms with Crippen LogP contribution >= 0.6 is 12.2 Å². The Labute approximate surface area is 159 Å². The summed E-state index contributed by atoms with van der Waals surface area (Å²) < 4.78 is 4.78. The second-order valence-corrected chi connectivity index (χ2v) is 6.63. The molecule has 0 aliphatic rings. The van der Waals surface area contributed by atoms with Crippen molar-refractivity contribution in [2.45, 2.75) is 40.0 Å². The number of aromatic nitrogens is 4. The average molecular weight is 368 g/mol. The van der Waals surface area contributed by atoms with E-state index >= 15 is 0 Å². The Hall–Kier alpha value is -2.31. The van der Waals surface area contributed by atoms with Gasteiger partial charge in [0.15, 0.2) is 10.6 Å². The first-order chi connectivity index (χ1) is 12.7. The minimum absolute atomic E-state index is 0.687. The lowest BCUT2D eigenvalue weighted by Gasteiger charge is -2.21. The van der Waals surface area contributed by atoms with Gasteiger partial charge in [0.05, 0.1) is 6.67 Å². The molecular formula is C20H25N5S. The Morgan fingerprint density at radius 3 is 2.42 bits per heavy atom. The van der Waals surface area contributed by atoms with E-state index in [1.807, 2.05) is 22.9 Å². The maximum atomic E-state index is 5.70.